The summed E-state index contributed by atoms with van der Waals surface area (Å²) in [6.07, 6.45) is 3.99. The summed E-state index contributed by atoms with van der Waals surface area (Å²) in [5, 5.41) is 3.04. The van der Waals surface area contributed by atoms with E-state index in [1.54, 1.807) is 0 Å². The smallest absolute Gasteiger partial charge is 0.227 e. The minimum absolute atomic E-state index is 0.0670. The molecule has 0 aliphatic carbocycles. The summed E-state index contributed by atoms with van der Waals surface area (Å²) in [5.74, 6) is 1.60. The highest BCUT2D eigenvalue weighted by Crippen LogP contribution is 2.35. The molecule has 1 unspecified atom stereocenters. The number of rotatable bonds is 10. The zero-order valence-electron chi connectivity index (χ0n) is 15.2. The van der Waals surface area contributed by atoms with E-state index >= 15 is 0 Å². The van der Waals surface area contributed by atoms with Crippen LogP contribution in [0.5, 0.6) is 11.5 Å². The first-order chi connectivity index (χ1) is 11.1. The molecule has 0 fully saturated rings. The number of carbonyl (C=O) groups excluding carboxylic acids is 1. The van der Waals surface area contributed by atoms with Crippen LogP contribution in [0.25, 0.3) is 0 Å². The summed E-state index contributed by atoms with van der Waals surface area (Å²) in [7, 11) is 0. The minimum atomic E-state index is 0.0670. The van der Waals surface area contributed by atoms with Gasteiger partial charge in [-0.05, 0) is 45.2 Å². The number of amides is 1. The Labute approximate surface area is 140 Å². The van der Waals surface area contributed by atoms with Gasteiger partial charge >= 0.3 is 0 Å². The molecule has 0 aliphatic rings. The van der Waals surface area contributed by atoms with E-state index < -0.39 is 0 Å². The van der Waals surface area contributed by atoms with Crippen LogP contribution >= 0.6 is 0 Å². The number of anilines is 1. The van der Waals surface area contributed by atoms with Gasteiger partial charge in [0.2, 0.25) is 5.91 Å². The Balaban J connectivity index is 2.93. The Morgan fingerprint density at radius 3 is 2.39 bits per heavy atom. The van der Waals surface area contributed by atoms with E-state index in [4.69, 9.17) is 9.47 Å². The van der Waals surface area contributed by atoms with Gasteiger partial charge in [-0.3, -0.25) is 4.79 Å². The highest BCUT2D eigenvalue weighted by molar-refractivity contribution is 5.93. The van der Waals surface area contributed by atoms with Crippen LogP contribution in [-0.2, 0) is 4.79 Å². The second-order valence-corrected chi connectivity index (χ2v) is 5.72. The lowest BCUT2D eigenvalue weighted by Gasteiger charge is -2.18. The summed E-state index contributed by atoms with van der Waals surface area (Å²) in [6, 6.07) is 3.80. The van der Waals surface area contributed by atoms with Gasteiger partial charge in [-0.2, -0.15) is 0 Å². The Morgan fingerprint density at radius 1 is 1.13 bits per heavy atom. The maximum Gasteiger partial charge on any atom is 0.227 e. The first kappa shape index (κ1) is 19.3. The highest BCUT2D eigenvalue weighted by Gasteiger charge is 2.18. The summed E-state index contributed by atoms with van der Waals surface area (Å²) < 4.78 is 11.3. The quantitative estimate of drug-likeness (QED) is 0.663. The molecule has 0 bridgehead atoms. The van der Waals surface area contributed by atoms with Crippen LogP contribution in [0.3, 0.4) is 0 Å². The van der Waals surface area contributed by atoms with Crippen LogP contribution in [0.1, 0.15) is 58.9 Å². The van der Waals surface area contributed by atoms with Crippen molar-refractivity contribution < 1.29 is 14.3 Å². The van der Waals surface area contributed by atoms with Gasteiger partial charge in [0.15, 0.2) is 11.5 Å². The van der Waals surface area contributed by atoms with Crippen LogP contribution in [0.2, 0.25) is 0 Å². The van der Waals surface area contributed by atoms with Crippen molar-refractivity contribution in [2.24, 2.45) is 5.92 Å². The number of nitrogens with one attached hydrogen (secondary N) is 1. The lowest BCUT2D eigenvalue weighted by atomic mass is 9.98. The summed E-state index contributed by atoms with van der Waals surface area (Å²) in [6.45, 7) is 11.2. The van der Waals surface area contributed by atoms with Crippen LogP contribution in [-0.4, -0.2) is 19.1 Å². The zero-order valence-corrected chi connectivity index (χ0v) is 15.2. The largest absolute Gasteiger partial charge is 0.490 e. The predicted octanol–water partition coefficient (Wildman–Crippen LogP) is 4.95. The van der Waals surface area contributed by atoms with Gasteiger partial charge in [0.1, 0.15) is 0 Å². The molecule has 1 rings (SSSR count). The Kier molecular flexibility index (Phi) is 8.52. The Bertz CT molecular complexity index is 500. The first-order valence-corrected chi connectivity index (χ1v) is 8.78. The van der Waals surface area contributed by atoms with Crippen molar-refractivity contribution in [2.75, 3.05) is 18.5 Å². The van der Waals surface area contributed by atoms with Crippen molar-refractivity contribution in [2.45, 2.75) is 60.3 Å². The molecule has 4 nitrogen and oxygen atoms in total. The Morgan fingerprint density at radius 2 is 1.83 bits per heavy atom. The van der Waals surface area contributed by atoms with Crippen LogP contribution in [0.15, 0.2) is 12.1 Å². The summed E-state index contributed by atoms with van der Waals surface area (Å²) in [5.41, 5.74) is 1.74. The maximum atomic E-state index is 12.5. The van der Waals surface area contributed by atoms with Crippen LogP contribution in [0, 0.1) is 12.8 Å². The third-order valence-corrected chi connectivity index (χ3v) is 3.87. The van der Waals surface area contributed by atoms with Crippen molar-refractivity contribution in [3.63, 3.8) is 0 Å². The SMILES string of the molecule is CCCCC(CC)C(=O)Nc1cc(C)c(OCC)c(OCC)c1. The van der Waals surface area contributed by atoms with Gasteiger partial charge in [-0.25, -0.2) is 0 Å². The molecule has 0 saturated heterocycles. The molecule has 0 heterocycles. The monoisotopic (exact) mass is 321 g/mol. The van der Waals surface area contributed by atoms with Gasteiger partial charge in [0.25, 0.3) is 0 Å². The van der Waals surface area contributed by atoms with Crippen molar-refractivity contribution in [1.82, 2.24) is 0 Å². The molecule has 1 aromatic carbocycles. The fourth-order valence-electron chi connectivity index (χ4n) is 2.62. The number of aryl methyl sites for hydroxylation is 1. The first-order valence-electron chi connectivity index (χ1n) is 8.78. The topological polar surface area (TPSA) is 47.6 Å². The van der Waals surface area contributed by atoms with Gasteiger partial charge in [0.05, 0.1) is 13.2 Å². The number of carbonyl (C=O) groups is 1. The zero-order chi connectivity index (χ0) is 17.2. The second kappa shape index (κ2) is 10.1. The molecule has 0 spiro atoms. The van der Waals surface area contributed by atoms with E-state index in [9.17, 15) is 4.79 Å². The molecule has 0 saturated carbocycles. The summed E-state index contributed by atoms with van der Waals surface area (Å²) in [4.78, 5) is 12.5. The highest BCUT2D eigenvalue weighted by atomic mass is 16.5. The van der Waals surface area contributed by atoms with Gasteiger partial charge in [-0.15, -0.1) is 0 Å². The fraction of sp³-hybridized carbons (Fsp3) is 0.632. The second-order valence-electron chi connectivity index (χ2n) is 5.72. The third-order valence-electron chi connectivity index (χ3n) is 3.87. The molecule has 1 amide bonds. The van der Waals surface area contributed by atoms with Crippen LogP contribution < -0.4 is 14.8 Å². The van der Waals surface area contributed by atoms with E-state index in [0.29, 0.717) is 19.0 Å². The lowest BCUT2D eigenvalue weighted by Crippen LogP contribution is -2.22. The maximum absolute atomic E-state index is 12.5. The normalized spacial score (nSPS) is 11.9. The standard InChI is InChI=1S/C19H31NO3/c1-6-10-11-15(7-2)19(21)20-16-12-14(5)18(23-9-4)17(13-16)22-8-3/h12-13,15H,6-11H2,1-5H3,(H,20,21). The molecule has 0 aliphatic heterocycles. The number of ether oxygens (including phenoxy) is 2. The predicted molar refractivity (Wildman–Crippen MR) is 95.5 cm³/mol. The van der Waals surface area contributed by atoms with Gasteiger partial charge in [-0.1, -0.05) is 26.7 Å². The molecule has 1 aromatic rings. The average Bonchev–Trinajstić information content (AvgIpc) is 2.51. The molecule has 130 valence electrons. The van der Waals surface area contributed by atoms with E-state index in [2.05, 4.69) is 19.2 Å². The van der Waals surface area contributed by atoms with Crippen molar-refractivity contribution >= 4 is 11.6 Å². The lowest BCUT2D eigenvalue weighted by molar-refractivity contribution is -0.120. The van der Waals surface area contributed by atoms with E-state index in [1.165, 1.54) is 0 Å². The molecule has 4 heteroatoms. The number of hydrogen-bond acceptors (Lipinski definition) is 3. The molecule has 23 heavy (non-hydrogen) atoms. The molecule has 1 N–H and O–H groups in total. The van der Waals surface area contributed by atoms with E-state index in [0.717, 1.165) is 42.7 Å². The molecule has 1 atom stereocenters. The van der Waals surface area contributed by atoms with Crippen molar-refractivity contribution in [3.8, 4) is 11.5 Å². The third kappa shape index (κ3) is 5.77. The van der Waals surface area contributed by atoms with Crippen molar-refractivity contribution in [1.29, 1.82) is 0 Å². The molecular formula is C19H31NO3. The molecule has 0 radical (unpaired) electrons. The van der Waals surface area contributed by atoms with E-state index in [-0.39, 0.29) is 11.8 Å². The van der Waals surface area contributed by atoms with Gasteiger partial charge in [0, 0.05) is 17.7 Å². The number of hydrogen-bond donors (Lipinski definition) is 1. The minimum Gasteiger partial charge on any atom is -0.490 e. The van der Waals surface area contributed by atoms with Crippen LogP contribution in [0.4, 0.5) is 5.69 Å². The Hall–Kier alpha value is -1.71. The van der Waals surface area contributed by atoms with E-state index in [1.807, 2.05) is 32.9 Å². The number of unbranched alkanes of at least 4 members (excludes halogenated alkanes) is 1. The van der Waals surface area contributed by atoms with Gasteiger partial charge < -0.3 is 14.8 Å². The number of benzene rings is 1. The fourth-order valence-corrected chi connectivity index (χ4v) is 2.62. The van der Waals surface area contributed by atoms with Crippen molar-refractivity contribution in [3.05, 3.63) is 17.7 Å². The molecular weight excluding hydrogens is 290 g/mol. The molecule has 0 aromatic heterocycles. The average molecular weight is 321 g/mol. The summed E-state index contributed by atoms with van der Waals surface area (Å²) >= 11 is 0.